The fourth-order valence-electron chi connectivity index (χ4n) is 5.81. The first-order chi connectivity index (χ1) is 16.4. The first-order valence-electron chi connectivity index (χ1n) is 12.8. The summed E-state index contributed by atoms with van der Waals surface area (Å²) < 4.78 is 5.93. The molecular weight excluding hydrogens is 481 g/mol. The molecule has 0 saturated heterocycles. The maximum Gasteiger partial charge on any atom is 0.162 e. The van der Waals surface area contributed by atoms with Crippen LogP contribution in [0.4, 0.5) is 0 Å². The Morgan fingerprint density at radius 1 is 0.857 bits per heavy atom. The van der Waals surface area contributed by atoms with Crippen molar-refractivity contribution in [1.82, 2.24) is 5.32 Å². The van der Waals surface area contributed by atoms with Gasteiger partial charge in [-0.15, -0.1) is 0 Å². The molecule has 6 heteroatoms. The van der Waals surface area contributed by atoms with Crippen molar-refractivity contribution in [2.24, 2.45) is 10.8 Å². The molecule has 0 radical (unpaired) electrons. The first-order valence-corrected chi connectivity index (χ1v) is 13.6. The van der Waals surface area contributed by atoms with Gasteiger partial charge in [-0.2, -0.15) is 0 Å². The second-order valence-corrected chi connectivity index (χ2v) is 12.8. The number of nitrogens with one attached hydrogen (secondary N) is 1. The third kappa shape index (κ3) is 5.49. The number of halogens is 2. The minimum atomic E-state index is -0.456. The Labute approximate surface area is 219 Å². The van der Waals surface area contributed by atoms with Crippen LogP contribution >= 0.6 is 23.2 Å². The van der Waals surface area contributed by atoms with Gasteiger partial charge in [0.25, 0.3) is 0 Å². The van der Waals surface area contributed by atoms with Crippen LogP contribution in [-0.4, -0.2) is 18.2 Å². The van der Waals surface area contributed by atoms with E-state index in [1.165, 1.54) is 6.42 Å². The van der Waals surface area contributed by atoms with Gasteiger partial charge in [-0.05, 0) is 47.8 Å². The summed E-state index contributed by atoms with van der Waals surface area (Å²) in [4.78, 5) is 27.0. The number of ketones is 2. The highest BCUT2D eigenvalue weighted by Crippen LogP contribution is 2.52. The largest absolute Gasteiger partial charge is 0.490 e. The van der Waals surface area contributed by atoms with E-state index in [0.717, 1.165) is 49.1 Å². The van der Waals surface area contributed by atoms with Gasteiger partial charge < -0.3 is 10.1 Å². The van der Waals surface area contributed by atoms with Gasteiger partial charge in [-0.25, -0.2) is 0 Å². The Kier molecular flexibility index (Phi) is 7.46. The predicted octanol–water partition coefficient (Wildman–Crippen LogP) is 7.93. The van der Waals surface area contributed by atoms with Crippen LogP contribution < -0.4 is 10.1 Å². The molecule has 0 unspecified atom stereocenters. The summed E-state index contributed by atoms with van der Waals surface area (Å²) in [6.07, 6.45) is 6.80. The number of rotatable bonds is 7. The van der Waals surface area contributed by atoms with Gasteiger partial charge in [0, 0.05) is 41.3 Å². The second-order valence-electron chi connectivity index (χ2n) is 11.9. The number of allylic oxidation sites excluding steroid dienone is 4. The summed E-state index contributed by atoms with van der Waals surface area (Å²) >= 11 is 13.4. The Morgan fingerprint density at radius 3 is 1.86 bits per heavy atom. The van der Waals surface area contributed by atoms with E-state index in [1.54, 1.807) is 0 Å². The molecule has 0 fully saturated rings. The number of ether oxygens (including phenoxy) is 1. The Bertz CT molecular complexity index is 1040. The number of hydrogen-bond acceptors (Lipinski definition) is 4. The molecule has 1 aromatic rings. The summed E-state index contributed by atoms with van der Waals surface area (Å²) in [7, 11) is 0. The summed E-state index contributed by atoms with van der Waals surface area (Å²) in [5, 5.41) is 4.37. The van der Waals surface area contributed by atoms with E-state index in [1.807, 2.05) is 12.1 Å². The van der Waals surface area contributed by atoms with Crippen molar-refractivity contribution in [3.05, 3.63) is 50.3 Å². The molecule has 1 heterocycles. The molecule has 4 nitrogen and oxygen atoms in total. The number of unbranched alkanes of at least 4 members (excludes halogenated alkanes) is 3. The molecule has 4 rings (SSSR count). The Balaban J connectivity index is 1.75. The summed E-state index contributed by atoms with van der Waals surface area (Å²) in [5.41, 5.74) is 3.76. The monoisotopic (exact) mass is 517 g/mol. The van der Waals surface area contributed by atoms with Gasteiger partial charge in [0.15, 0.2) is 17.3 Å². The van der Waals surface area contributed by atoms with Crippen LogP contribution in [0.25, 0.3) is 0 Å². The normalized spacial score (nSPS) is 21.6. The highest BCUT2D eigenvalue weighted by atomic mass is 35.5. The van der Waals surface area contributed by atoms with E-state index in [2.05, 4.69) is 39.9 Å². The lowest BCUT2D eigenvalue weighted by Crippen LogP contribution is -2.42. The van der Waals surface area contributed by atoms with Crippen molar-refractivity contribution in [1.29, 1.82) is 0 Å². The predicted molar refractivity (Wildman–Crippen MR) is 142 cm³/mol. The minimum Gasteiger partial charge on any atom is -0.490 e. The molecule has 3 aliphatic rings. The molecule has 0 atom stereocenters. The average Bonchev–Trinajstić information content (AvgIpc) is 2.71. The maximum atomic E-state index is 13.5. The van der Waals surface area contributed by atoms with Crippen LogP contribution in [0.15, 0.2) is 34.7 Å². The molecule has 0 bridgehead atoms. The van der Waals surface area contributed by atoms with E-state index in [-0.39, 0.29) is 22.4 Å². The fraction of sp³-hybridized carbons (Fsp3) is 0.586. The highest BCUT2D eigenvalue weighted by molar-refractivity contribution is 6.37. The van der Waals surface area contributed by atoms with Gasteiger partial charge in [-0.1, -0.05) is 77.1 Å². The topological polar surface area (TPSA) is 55.4 Å². The zero-order chi connectivity index (χ0) is 25.5. The second kappa shape index (κ2) is 9.94. The molecule has 2 aliphatic carbocycles. The quantitative estimate of drug-likeness (QED) is 0.373. The number of hydrogen-bond donors (Lipinski definition) is 1. The summed E-state index contributed by atoms with van der Waals surface area (Å²) in [6, 6.07) is 3.67. The zero-order valence-corrected chi connectivity index (χ0v) is 23.1. The molecule has 0 aromatic heterocycles. The molecule has 190 valence electrons. The van der Waals surface area contributed by atoms with Gasteiger partial charge in [0.05, 0.1) is 16.7 Å². The minimum absolute atomic E-state index is 0.0847. The molecule has 1 N–H and O–H groups in total. The van der Waals surface area contributed by atoms with Crippen molar-refractivity contribution >= 4 is 34.8 Å². The lowest BCUT2D eigenvalue weighted by atomic mass is 9.64. The van der Waals surface area contributed by atoms with E-state index in [4.69, 9.17) is 27.9 Å². The van der Waals surface area contributed by atoms with E-state index >= 15 is 0 Å². The molecule has 0 amide bonds. The summed E-state index contributed by atoms with van der Waals surface area (Å²) in [6.45, 7) is 11.2. The van der Waals surface area contributed by atoms with Crippen molar-refractivity contribution < 1.29 is 14.3 Å². The van der Waals surface area contributed by atoms with Crippen LogP contribution in [0, 0.1) is 10.8 Å². The molecular formula is C29H37Cl2NO3. The lowest BCUT2D eigenvalue weighted by Gasteiger charge is -2.44. The molecule has 1 aromatic carbocycles. The van der Waals surface area contributed by atoms with Gasteiger partial charge in [0.1, 0.15) is 0 Å². The Morgan fingerprint density at radius 2 is 1.37 bits per heavy atom. The van der Waals surface area contributed by atoms with E-state index in [9.17, 15) is 9.59 Å². The van der Waals surface area contributed by atoms with Crippen molar-refractivity contribution in [3.63, 3.8) is 0 Å². The van der Waals surface area contributed by atoms with Crippen LogP contribution in [0.1, 0.15) is 97.5 Å². The zero-order valence-electron chi connectivity index (χ0n) is 21.6. The number of carbonyl (C=O) groups excluding carboxylic acids is 2. The number of dihydropyridines is 1. The summed E-state index contributed by atoms with van der Waals surface area (Å²) in [5.74, 6) is 0.183. The van der Waals surface area contributed by atoms with Crippen LogP contribution in [0.5, 0.6) is 5.75 Å². The van der Waals surface area contributed by atoms with Crippen LogP contribution in [-0.2, 0) is 9.59 Å². The molecule has 1 aliphatic heterocycles. The number of benzene rings is 1. The van der Waals surface area contributed by atoms with Gasteiger partial charge >= 0.3 is 0 Å². The Hall–Kier alpha value is -1.78. The lowest BCUT2D eigenvalue weighted by molar-refractivity contribution is -0.119. The van der Waals surface area contributed by atoms with Gasteiger partial charge in [0.2, 0.25) is 0 Å². The fourth-order valence-corrected chi connectivity index (χ4v) is 6.42. The standard InChI is InChI=1S/C29H37Cl2NO3/c1-6-7-8-9-10-35-27-18(30)11-17(12-19(27)31)24-25-20(13-28(2,3)15-22(25)33)32-21-14-29(4,5)16-23(34)26(21)24/h11-12,24,32H,6-10,13-16H2,1-5H3. The number of Topliss-reactive ketones (excluding diaryl/α,β-unsaturated/α-hetero) is 2. The SMILES string of the molecule is CCCCCCOc1c(Cl)cc(C2C3=C(CC(C)(C)CC3=O)NC3=C2C(=O)CC(C)(C)C3)cc1Cl. The van der Waals surface area contributed by atoms with Crippen molar-refractivity contribution in [2.45, 2.75) is 91.9 Å². The third-order valence-corrected chi connectivity index (χ3v) is 7.88. The molecule has 0 saturated carbocycles. The van der Waals surface area contributed by atoms with Crippen molar-refractivity contribution in [2.75, 3.05) is 6.61 Å². The van der Waals surface area contributed by atoms with Crippen LogP contribution in [0.2, 0.25) is 10.0 Å². The first kappa shape index (κ1) is 26.3. The molecule has 35 heavy (non-hydrogen) atoms. The van der Waals surface area contributed by atoms with E-state index in [0.29, 0.717) is 46.4 Å². The highest BCUT2D eigenvalue weighted by Gasteiger charge is 2.46. The number of carbonyl (C=O) groups is 2. The van der Waals surface area contributed by atoms with Gasteiger partial charge in [-0.3, -0.25) is 9.59 Å². The molecule has 0 spiro atoms. The van der Waals surface area contributed by atoms with E-state index < -0.39 is 5.92 Å². The van der Waals surface area contributed by atoms with Crippen LogP contribution in [0.3, 0.4) is 0 Å². The van der Waals surface area contributed by atoms with Crippen molar-refractivity contribution in [3.8, 4) is 5.75 Å². The average molecular weight is 519 g/mol. The maximum absolute atomic E-state index is 13.5. The third-order valence-electron chi connectivity index (χ3n) is 7.32. The smallest absolute Gasteiger partial charge is 0.162 e.